The molecular formula is C11H18NOP. The van der Waals surface area contributed by atoms with Crippen LogP contribution in [-0.4, -0.2) is 10.5 Å². The number of rotatable bonds is 6. The van der Waals surface area contributed by atoms with E-state index in [1.807, 2.05) is 12.4 Å². The number of aromatic nitrogens is 1. The minimum atomic E-state index is 0.0945. The Balaban J connectivity index is 2.18. The average Bonchev–Trinajstić information content (AvgIpc) is 2.21. The third kappa shape index (κ3) is 4.57. The molecule has 0 fully saturated rings. The van der Waals surface area contributed by atoms with Crippen LogP contribution in [0.2, 0.25) is 0 Å². The Morgan fingerprint density at radius 3 is 2.57 bits per heavy atom. The lowest BCUT2D eigenvalue weighted by molar-refractivity contribution is 0.705. The number of nitrogens with zero attached hydrogens (tertiary/aromatic N) is 1. The van der Waals surface area contributed by atoms with Crippen molar-refractivity contribution in [2.45, 2.75) is 32.6 Å². The molecule has 0 radical (unpaired) electrons. The Morgan fingerprint density at radius 1 is 1.21 bits per heavy atom. The van der Waals surface area contributed by atoms with Crippen LogP contribution in [0.5, 0.6) is 0 Å². The first-order valence-corrected chi connectivity index (χ1v) is 6.40. The monoisotopic (exact) mass is 211 g/mol. The molecule has 0 N–H and O–H groups in total. The van der Waals surface area contributed by atoms with E-state index < -0.39 is 0 Å². The normalized spacial score (nSPS) is 11.2. The number of hydrogen-bond acceptors (Lipinski definition) is 1. The van der Waals surface area contributed by atoms with Crippen LogP contribution in [0.3, 0.4) is 0 Å². The van der Waals surface area contributed by atoms with Gasteiger partial charge < -0.3 is 4.34 Å². The third-order valence-electron chi connectivity index (χ3n) is 2.12. The summed E-state index contributed by atoms with van der Waals surface area (Å²) in [6.45, 7) is 2.23. The van der Waals surface area contributed by atoms with Crippen molar-refractivity contribution in [1.82, 2.24) is 4.34 Å². The summed E-state index contributed by atoms with van der Waals surface area (Å²) in [6.07, 6.45) is 10.3. The topological polar surface area (TPSA) is 22.0 Å². The molecule has 3 heteroatoms. The van der Waals surface area contributed by atoms with E-state index in [1.54, 1.807) is 12.1 Å². The summed E-state index contributed by atoms with van der Waals surface area (Å²) in [7, 11) is 0.790. The maximum Gasteiger partial charge on any atom is 0.181 e. The molecule has 0 saturated carbocycles. The van der Waals surface area contributed by atoms with Gasteiger partial charge in [-0.2, -0.15) is 0 Å². The zero-order valence-electron chi connectivity index (χ0n) is 8.70. The molecule has 0 aliphatic heterocycles. The van der Waals surface area contributed by atoms with Crippen molar-refractivity contribution in [2.75, 3.05) is 6.16 Å². The predicted molar refractivity (Wildman–Crippen MR) is 63.4 cm³/mol. The van der Waals surface area contributed by atoms with E-state index in [4.69, 9.17) is 0 Å². The van der Waals surface area contributed by atoms with Gasteiger partial charge >= 0.3 is 0 Å². The lowest BCUT2D eigenvalue weighted by atomic mass is 10.2. The first-order chi connectivity index (χ1) is 6.83. The summed E-state index contributed by atoms with van der Waals surface area (Å²) < 4.78 is 2.10. The lowest BCUT2D eigenvalue weighted by Crippen LogP contribution is -1.98. The molecule has 78 valence electrons. The van der Waals surface area contributed by atoms with Crippen molar-refractivity contribution >= 4 is 8.73 Å². The van der Waals surface area contributed by atoms with Crippen molar-refractivity contribution in [3.05, 3.63) is 34.7 Å². The standard InChI is InChI=1S/C11H18NOP/c1-2-3-4-5-10-14-12-8-6-11(13)7-9-12/h6-9,14H,2-5,10H2,1H3. The number of hydrogen-bond donors (Lipinski definition) is 0. The average molecular weight is 211 g/mol. The van der Waals surface area contributed by atoms with Crippen molar-refractivity contribution in [1.29, 1.82) is 0 Å². The van der Waals surface area contributed by atoms with E-state index >= 15 is 0 Å². The van der Waals surface area contributed by atoms with Gasteiger partial charge in [0.1, 0.15) is 0 Å². The summed E-state index contributed by atoms with van der Waals surface area (Å²) in [5.41, 5.74) is 0.0945. The maximum atomic E-state index is 10.8. The van der Waals surface area contributed by atoms with Crippen LogP contribution in [0.4, 0.5) is 0 Å². The van der Waals surface area contributed by atoms with Crippen LogP contribution in [0.1, 0.15) is 32.6 Å². The largest absolute Gasteiger partial charge is 0.336 e. The Morgan fingerprint density at radius 2 is 1.93 bits per heavy atom. The van der Waals surface area contributed by atoms with E-state index in [1.165, 1.54) is 31.8 Å². The van der Waals surface area contributed by atoms with Gasteiger partial charge in [0.25, 0.3) is 0 Å². The second-order valence-corrected chi connectivity index (χ2v) is 4.74. The highest BCUT2D eigenvalue weighted by molar-refractivity contribution is 7.36. The number of unbranched alkanes of at least 4 members (excludes halogenated alkanes) is 3. The van der Waals surface area contributed by atoms with Gasteiger partial charge in [0.15, 0.2) is 5.43 Å². The predicted octanol–water partition coefficient (Wildman–Crippen LogP) is 2.87. The third-order valence-corrected chi connectivity index (χ3v) is 3.36. The molecule has 0 bridgehead atoms. The Labute approximate surface area is 87.2 Å². The molecule has 1 rings (SSSR count). The first-order valence-electron chi connectivity index (χ1n) is 5.25. The molecule has 1 heterocycles. The molecule has 2 nitrogen and oxygen atoms in total. The SMILES string of the molecule is CCCCCCPn1ccc(=O)cc1. The first kappa shape index (κ1) is 11.5. The fourth-order valence-corrected chi connectivity index (χ4v) is 2.30. The summed E-state index contributed by atoms with van der Waals surface area (Å²) in [4.78, 5) is 10.8. The highest BCUT2D eigenvalue weighted by atomic mass is 31.1. The highest BCUT2D eigenvalue weighted by Gasteiger charge is 1.90. The zero-order valence-corrected chi connectivity index (χ0v) is 9.70. The van der Waals surface area contributed by atoms with Gasteiger partial charge in [0.2, 0.25) is 0 Å². The fourth-order valence-electron chi connectivity index (χ4n) is 1.28. The van der Waals surface area contributed by atoms with Crippen molar-refractivity contribution in [3.63, 3.8) is 0 Å². The Bertz CT molecular complexity index is 288. The van der Waals surface area contributed by atoms with Crippen LogP contribution in [-0.2, 0) is 0 Å². The minimum Gasteiger partial charge on any atom is -0.336 e. The second kappa shape index (κ2) is 6.78. The smallest absolute Gasteiger partial charge is 0.181 e. The van der Waals surface area contributed by atoms with Crippen LogP contribution in [0.25, 0.3) is 0 Å². The molecule has 1 atom stereocenters. The molecule has 1 aromatic heterocycles. The Kier molecular flexibility index (Phi) is 5.55. The van der Waals surface area contributed by atoms with Crippen LogP contribution in [0.15, 0.2) is 29.3 Å². The molecule has 0 aliphatic rings. The molecule has 1 aromatic rings. The number of pyridine rings is 1. The summed E-state index contributed by atoms with van der Waals surface area (Å²) in [6, 6.07) is 3.25. The van der Waals surface area contributed by atoms with Gasteiger partial charge in [-0.3, -0.25) is 4.79 Å². The molecule has 1 unspecified atom stereocenters. The molecule has 0 amide bonds. The van der Waals surface area contributed by atoms with Gasteiger partial charge in [0, 0.05) is 24.5 Å². The maximum absolute atomic E-state index is 10.8. The summed E-state index contributed by atoms with van der Waals surface area (Å²) in [5.74, 6) is 0. The molecule has 0 aliphatic carbocycles. The van der Waals surface area contributed by atoms with E-state index in [9.17, 15) is 4.79 Å². The van der Waals surface area contributed by atoms with Crippen molar-refractivity contribution in [3.8, 4) is 0 Å². The van der Waals surface area contributed by atoms with Gasteiger partial charge in [-0.15, -0.1) is 0 Å². The molecule has 0 saturated heterocycles. The molecule has 0 aromatic carbocycles. The van der Waals surface area contributed by atoms with Crippen LogP contribution < -0.4 is 5.43 Å². The molecule has 0 spiro atoms. The van der Waals surface area contributed by atoms with Crippen molar-refractivity contribution < 1.29 is 0 Å². The minimum absolute atomic E-state index is 0.0945. The van der Waals surface area contributed by atoms with E-state index in [0.717, 1.165) is 8.73 Å². The van der Waals surface area contributed by atoms with Gasteiger partial charge in [-0.05, 0) is 21.3 Å². The van der Waals surface area contributed by atoms with E-state index in [-0.39, 0.29) is 5.43 Å². The van der Waals surface area contributed by atoms with Gasteiger partial charge in [-0.25, -0.2) is 0 Å². The van der Waals surface area contributed by atoms with Crippen LogP contribution >= 0.6 is 8.73 Å². The zero-order chi connectivity index (χ0) is 10.2. The Hall–Kier alpha value is -0.620. The van der Waals surface area contributed by atoms with E-state index in [0.29, 0.717) is 0 Å². The molecular weight excluding hydrogens is 193 g/mol. The lowest BCUT2D eigenvalue weighted by Gasteiger charge is -2.04. The summed E-state index contributed by atoms with van der Waals surface area (Å²) in [5, 5.41) is 0. The van der Waals surface area contributed by atoms with Gasteiger partial charge in [0.05, 0.1) is 0 Å². The molecule has 14 heavy (non-hydrogen) atoms. The summed E-state index contributed by atoms with van der Waals surface area (Å²) >= 11 is 0. The second-order valence-electron chi connectivity index (χ2n) is 3.41. The highest BCUT2D eigenvalue weighted by Crippen LogP contribution is 2.15. The fraction of sp³-hybridized carbons (Fsp3) is 0.545. The van der Waals surface area contributed by atoms with Crippen molar-refractivity contribution in [2.24, 2.45) is 0 Å². The van der Waals surface area contributed by atoms with Gasteiger partial charge in [-0.1, -0.05) is 26.2 Å². The quantitative estimate of drug-likeness (QED) is 0.524. The van der Waals surface area contributed by atoms with Crippen LogP contribution in [0, 0.1) is 0 Å². The van der Waals surface area contributed by atoms with E-state index in [2.05, 4.69) is 11.3 Å².